The van der Waals surface area contributed by atoms with Gasteiger partial charge in [-0.25, -0.2) is 0 Å². The zero-order valence-electron chi connectivity index (χ0n) is 13.5. The number of aromatic nitrogens is 1. The minimum absolute atomic E-state index is 0.532. The molecule has 1 aromatic heterocycles. The summed E-state index contributed by atoms with van der Waals surface area (Å²) in [7, 11) is 0. The lowest BCUT2D eigenvalue weighted by Crippen LogP contribution is -2.39. The molecule has 0 saturated carbocycles. The van der Waals surface area contributed by atoms with Crippen LogP contribution in [0.15, 0.2) is 18.2 Å². The molecule has 0 aliphatic heterocycles. The van der Waals surface area contributed by atoms with Gasteiger partial charge in [-0.15, -0.1) is 0 Å². The van der Waals surface area contributed by atoms with Crippen molar-refractivity contribution in [1.29, 1.82) is 0 Å². The molecule has 0 spiro atoms. The number of nitrogens with one attached hydrogen (secondary N) is 1. The summed E-state index contributed by atoms with van der Waals surface area (Å²) in [4.78, 5) is 6.86. The van der Waals surface area contributed by atoms with E-state index >= 15 is 0 Å². The quantitative estimate of drug-likeness (QED) is 0.752. The van der Waals surface area contributed by atoms with E-state index in [9.17, 15) is 0 Å². The Morgan fingerprint density at radius 2 is 1.90 bits per heavy atom. The Morgan fingerprint density at radius 1 is 1.20 bits per heavy atom. The van der Waals surface area contributed by atoms with Crippen molar-refractivity contribution in [3.63, 3.8) is 0 Å². The summed E-state index contributed by atoms with van der Waals surface area (Å²) in [5, 5.41) is 3.27. The highest BCUT2D eigenvalue weighted by Crippen LogP contribution is 2.12. The molecule has 0 bridgehead atoms. The van der Waals surface area contributed by atoms with Gasteiger partial charge in [-0.1, -0.05) is 13.0 Å². The van der Waals surface area contributed by atoms with E-state index < -0.39 is 0 Å². The van der Waals surface area contributed by atoms with E-state index in [-0.39, 0.29) is 0 Å². The van der Waals surface area contributed by atoms with Crippen molar-refractivity contribution in [2.75, 3.05) is 25.0 Å². The van der Waals surface area contributed by atoms with Crippen LogP contribution in [0.4, 0.5) is 5.82 Å². The van der Waals surface area contributed by atoms with Crippen molar-refractivity contribution in [2.45, 2.75) is 53.1 Å². The van der Waals surface area contributed by atoms with Crippen molar-refractivity contribution in [2.24, 2.45) is 0 Å². The van der Waals surface area contributed by atoms with Crippen LogP contribution in [0.25, 0.3) is 0 Å². The normalized spacial score (nSPS) is 11.4. The van der Waals surface area contributed by atoms with Gasteiger partial charge in [0.15, 0.2) is 0 Å². The lowest BCUT2D eigenvalue weighted by molar-refractivity contribution is 0.140. The van der Waals surface area contributed by atoms with Crippen molar-refractivity contribution in [1.82, 2.24) is 9.88 Å². The first-order valence-electron chi connectivity index (χ1n) is 7.64. The summed E-state index contributed by atoms with van der Waals surface area (Å²) in [6, 6.07) is 6.92. The van der Waals surface area contributed by atoms with Crippen LogP contribution in [0.3, 0.4) is 0 Å². The van der Waals surface area contributed by atoms with E-state index in [2.05, 4.69) is 49.8 Å². The summed E-state index contributed by atoms with van der Waals surface area (Å²) >= 11 is 0. The van der Waals surface area contributed by atoms with Crippen LogP contribution in [0.2, 0.25) is 0 Å². The Hall–Kier alpha value is -1.29. The van der Waals surface area contributed by atoms with E-state index in [1.54, 1.807) is 0 Å². The molecule has 4 heteroatoms. The summed E-state index contributed by atoms with van der Waals surface area (Å²) < 4.78 is 5.76. The fraction of sp³-hybridized carbons (Fsp3) is 0.688. The van der Waals surface area contributed by atoms with Crippen LogP contribution in [0.1, 0.15) is 41.0 Å². The topological polar surface area (TPSA) is 37.4 Å². The number of pyridine rings is 1. The predicted octanol–water partition coefficient (Wildman–Crippen LogP) is 3.40. The molecule has 0 atom stereocenters. The van der Waals surface area contributed by atoms with Gasteiger partial charge in [0.2, 0.25) is 5.88 Å². The van der Waals surface area contributed by atoms with Gasteiger partial charge in [0.25, 0.3) is 0 Å². The molecule has 0 aliphatic rings. The molecule has 1 rings (SSSR count). The maximum absolute atomic E-state index is 5.76. The molecule has 4 nitrogen and oxygen atoms in total. The van der Waals surface area contributed by atoms with E-state index in [1.807, 2.05) is 18.2 Å². The van der Waals surface area contributed by atoms with Gasteiger partial charge in [-0.3, -0.25) is 4.90 Å². The maximum Gasteiger partial charge on any atom is 0.215 e. The SMILES string of the molecule is CCCNc1cccc(OCCN(C(C)C)C(C)C)n1. The van der Waals surface area contributed by atoms with E-state index in [0.717, 1.165) is 25.3 Å². The van der Waals surface area contributed by atoms with Gasteiger partial charge in [0.1, 0.15) is 12.4 Å². The second kappa shape index (κ2) is 8.80. The zero-order chi connectivity index (χ0) is 15.0. The first-order chi connectivity index (χ1) is 9.54. The highest BCUT2D eigenvalue weighted by Gasteiger charge is 2.12. The molecule has 1 aromatic rings. The third kappa shape index (κ3) is 5.78. The molecule has 1 N–H and O–H groups in total. The summed E-state index contributed by atoms with van der Waals surface area (Å²) in [5.41, 5.74) is 0. The number of ether oxygens (including phenoxy) is 1. The lowest BCUT2D eigenvalue weighted by atomic mass is 10.2. The molecule has 0 aliphatic carbocycles. The van der Waals surface area contributed by atoms with Crippen LogP contribution >= 0.6 is 0 Å². The second-order valence-electron chi connectivity index (χ2n) is 5.56. The average molecular weight is 279 g/mol. The largest absolute Gasteiger partial charge is 0.476 e. The molecule has 0 radical (unpaired) electrons. The summed E-state index contributed by atoms with van der Waals surface area (Å²) in [5.74, 6) is 1.58. The van der Waals surface area contributed by atoms with Gasteiger partial charge in [0, 0.05) is 31.2 Å². The van der Waals surface area contributed by atoms with Crippen LogP contribution in [-0.2, 0) is 0 Å². The van der Waals surface area contributed by atoms with Crippen LogP contribution in [0, 0.1) is 0 Å². The lowest BCUT2D eigenvalue weighted by Gasteiger charge is -2.30. The Bertz CT molecular complexity index is 372. The highest BCUT2D eigenvalue weighted by atomic mass is 16.5. The number of anilines is 1. The van der Waals surface area contributed by atoms with E-state index in [0.29, 0.717) is 24.6 Å². The number of hydrogen-bond acceptors (Lipinski definition) is 4. The number of hydrogen-bond donors (Lipinski definition) is 1. The molecule has 0 fully saturated rings. The summed E-state index contributed by atoms with van der Waals surface area (Å²) in [6.07, 6.45) is 1.09. The van der Waals surface area contributed by atoms with Crippen LogP contribution in [-0.4, -0.2) is 41.7 Å². The third-order valence-corrected chi connectivity index (χ3v) is 3.21. The summed E-state index contributed by atoms with van der Waals surface area (Å²) in [6.45, 7) is 13.5. The molecule has 0 unspecified atom stereocenters. The molecule has 20 heavy (non-hydrogen) atoms. The van der Waals surface area contributed by atoms with Crippen molar-refractivity contribution in [3.05, 3.63) is 18.2 Å². The van der Waals surface area contributed by atoms with Gasteiger partial charge < -0.3 is 10.1 Å². The van der Waals surface area contributed by atoms with Crippen LogP contribution in [0.5, 0.6) is 5.88 Å². The predicted molar refractivity (Wildman–Crippen MR) is 85.5 cm³/mol. The van der Waals surface area contributed by atoms with Gasteiger partial charge in [-0.2, -0.15) is 4.98 Å². The third-order valence-electron chi connectivity index (χ3n) is 3.21. The molecule has 0 amide bonds. The number of nitrogens with zero attached hydrogens (tertiary/aromatic N) is 2. The van der Waals surface area contributed by atoms with Crippen molar-refractivity contribution < 1.29 is 4.74 Å². The van der Waals surface area contributed by atoms with Gasteiger partial charge in [-0.05, 0) is 40.2 Å². The smallest absolute Gasteiger partial charge is 0.215 e. The molecule has 0 aromatic carbocycles. The van der Waals surface area contributed by atoms with Crippen molar-refractivity contribution >= 4 is 5.82 Å². The Kier molecular flexibility index (Phi) is 7.37. The van der Waals surface area contributed by atoms with E-state index in [4.69, 9.17) is 4.74 Å². The Labute approximate surface area is 123 Å². The average Bonchev–Trinajstić information content (AvgIpc) is 2.41. The van der Waals surface area contributed by atoms with Crippen molar-refractivity contribution in [3.8, 4) is 5.88 Å². The first kappa shape index (κ1) is 16.8. The van der Waals surface area contributed by atoms with E-state index in [1.165, 1.54) is 0 Å². The fourth-order valence-electron chi connectivity index (χ4n) is 2.22. The van der Waals surface area contributed by atoms with Gasteiger partial charge >= 0.3 is 0 Å². The minimum atomic E-state index is 0.532. The molecular formula is C16H29N3O. The molecule has 1 heterocycles. The second-order valence-corrected chi connectivity index (χ2v) is 5.56. The highest BCUT2D eigenvalue weighted by molar-refractivity contribution is 5.36. The Morgan fingerprint density at radius 3 is 2.50 bits per heavy atom. The molecular weight excluding hydrogens is 250 g/mol. The molecule has 114 valence electrons. The van der Waals surface area contributed by atoms with Gasteiger partial charge in [0.05, 0.1) is 0 Å². The Balaban J connectivity index is 2.45. The zero-order valence-corrected chi connectivity index (χ0v) is 13.5. The number of rotatable bonds is 9. The standard InChI is InChI=1S/C16H29N3O/c1-6-10-17-15-8-7-9-16(18-15)20-12-11-19(13(2)3)14(4)5/h7-9,13-14H,6,10-12H2,1-5H3,(H,17,18). The first-order valence-corrected chi connectivity index (χ1v) is 7.64. The fourth-order valence-corrected chi connectivity index (χ4v) is 2.22. The van der Waals surface area contributed by atoms with Crippen LogP contribution < -0.4 is 10.1 Å². The maximum atomic E-state index is 5.76. The minimum Gasteiger partial charge on any atom is -0.476 e. The monoisotopic (exact) mass is 279 g/mol. The molecule has 0 saturated heterocycles.